The molecule has 1 fully saturated rings. The fourth-order valence-corrected chi connectivity index (χ4v) is 1.77. The van der Waals surface area contributed by atoms with Gasteiger partial charge in [0.2, 0.25) is 0 Å². The average molecular weight is 172 g/mol. The number of rotatable bonds is 4. The third-order valence-corrected chi connectivity index (χ3v) is 2.50. The van der Waals surface area contributed by atoms with Crippen molar-refractivity contribution in [2.24, 2.45) is 0 Å². The first-order valence-electron chi connectivity index (χ1n) is 4.94. The summed E-state index contributed by atoms with van der Waals surface area (Å²) in [5, 5.41) is 12.5. The van der Waals surface area contributed by atoms with E-state index in [1.165, 1.54) is 0 Å². The second kappa shape index (κ2) is 5.51. The van der Waals surface area contributed by atoms with Crippen molar-refractivity contribution in [3.63, 3.8) is 0 Å². The summed E-state index contributed by atoms with van der Waals surface area (Å²) in [6, 6.07) is 0.400. The van der Waals surface area contributed by atoms with E-state index in [0.717, 1.165) is 39.0 Å². The van der Waals surface area contributed by atoms with Gasteiger partial charge in [0.1, 0.15) is 0 Å². The van der Waals surface area contributed by atoms with Crippen LogP contribution in [0.2, 0.25) is 0 Å². The zero-order valence-electron chi connectivity index (χ0n) is 7.92. The fraction of sp³-hybridized carbons (Fsp3) is 1.00. The van der Waals surface area contributed by atoms with E-state index in [1.807, 2.05) is 0 Å². The minimum Gasteiger partial charge on any atom is -0.395 e. The van der Waals surface area contributed by atoms with Crippen LogP contribution in [-0.4, -0.2) is 48.8 Å². The Morgan fingerprint density at radius 2 is 2.08 bits per heavy atom. The lowest BCUT2D eigenvalue weighted by Gasteiger charge is -2.33. The van der Waals surface area contributed by atoms with Crippen LogP contribution in [0.15, 0.2) is 0 Å². The second-order valence-corrected chi connectivity index (χ2v) is 3.41. The van der Waals surface area contributed by atoms with E-state index in [-0.39, 0.29) is 0 Å². The largest absolute Gasteiger partial charge is 0.395 e. The molecule has 1 aliphatic rings. The molecule has 72 valence electrons. The molecule has 0 aromatic carbocycles. The molecule has 0 aromatic heterocycles. The predicted octanol–water partition coefficient (Wildman–Crippen LogP) is 0.0526. The molecule has 3 heteroatoms. The number of aliphatic hydroxyl groups excluding tert-OH is 1. The minimum absolute atomic E-state index is 0.313. The van der Waals surface area contributed by atoms with E-state index in [0.29, 0.717) is 12.6 Å². The van der Waals surface area contributed by atoms with Gasteiger partial charge in [-0.2, -0.15) is 0 Å². The van der Waals surface area contributed by atoms with Gasteiger partial charge in [-0.15, -0.1) is 0 Å². The normalized spacial score (nSPS) is 22.5. The van der Waals surface area contributed by atoms with Crippen molar-refractivity contribution >= 4 is 0 Å². The van der Waals surface area contributed by atoms with E-state index in [9.17, 15) is 0 Å². The summed E-state index contributed by atoms with van der Waals surface area (Å²) in [4.78, 5) is 2.39. The van der Waals surface area contributed by atoms with Crippen LogP contribution in [0.5, 0.6) is 0 Å². The molecule has 1 aliphatic heterocycles. The topological polar surface area (TPSA) is 35.5 Å². The average Bonchev–Trinajstić information content (AvgIpc) is 2.15. The monoisotopic (exact) mass is 172 g/mol. The summed E-state index contributed by atoms with van der Waals surface area (Å²) in [6.07, 6.45) is 2.28. The summed E-state index contributed by atoms with van der Waals surface area (Å²) in [7, 11) is 0. The molecule has 0 unspecified atom stereocenters. The Labute approximate surface area is 74.8 Å². The summed E-state index contributed by atoms with van der Waals surface area (Å²) in [6.45, 7) is 6.80. The summed E-state index contributed by atoms with van der Waals surface area (Å²) in [5.74, 6) is 0. The molecule has 1 heterocycles. The van der Waals surface area contributed by atoms with Crippen LogP contribution < -0.4 is 5.32 Å². The van der Waals surface area contributed by atoms with Crippen LogP contribution in [0.25, 0.3) is 0 Å². The fourth-order valence-electron chi connectivity index (χ4n) is 1.77. The lowest BCUT2D eigenvalue weighted by Crippen LogP contribution is -2.49. The maximum Gasteiger partial charge on any atom is 0.0586 e. The molecule has 0 spiro atoms. The molecule has 3 nitrogen and oxygen atoms in total. The van der Waals surface area contributed by atoms with Crippen LogP contribution in [-0.2, 0) is 0 Å². The molecule has 12 heavy (non-hydrogen) atoms. The van der Waals surface area contributed by atoms with Crippen molar-refractivity contribution in [1.82, 2.24) is 10.2 Å². The molecule has 0 radical (unpaired) electrons. The van der Waals surface area contributed by atoms with E-state index in [1.54, 1.807) is 0 Å². The highest BCUT2D eigenvalue weighted by Gasteiger charge is 2.18. The Balaban J connectivity index is 2.29. The number of piperazine rings is 1. The lowest BCUT2D eigenvalue weighted by molar-refractivity contribution is 0.104. The Morgan fingerprint density at radius 3 is 2.58 bits per heavy atom. The highest BCUT2D eigenvalue weighted by molar-refractivity contribution is 4.75. The smallest absolute Gasteiger partial charge is 0.0586 e. The quantitative estimate of drug-likeness (QED) is 0.629. The maximum atomic E-state index is 9.15. The Bertz CT molecular complexity index is 110. The van der Waals surface area contributed by atoms with Crippen LogP contribution in [0, 0.1) is 0 Å². The van der Waals surface area contributed by atoms with Gasteiger partial charge in [0.05, 0.1) is 6.61 Å². The number of hydrogen-bond donors (Lipinski definition) is 2. The van der Waals surface area contributed by atoms with Crippen LogP contribution in [0.4, 0.5) is 0 Å². The van der Waals surface area contributed by atoms with Crippen LogP contribution in [0.1, 0.15) is 19.8 Å². The van der Waals surface area contributed by atoms with Gasteiger partial charge in [-0.25, -0.2) is 0 Å². The molecular weight excluding hydrogens is 152 g/mol. The van der Waals surface area contributed by atoms with Gasteiger partial charge in [0.25, 0.3) is 0 Å². The van der Waals surface area contributed by atoms with Gasteiger partial charge in [0, 0.05) is 32.2 Å². The van der Waals surface area contributed by atoms with Crippen molar-refractivity contribution in [3.05, 3.63) is 0 Å². The van der Waals surface area contributed by atoms with Crippen LogP contribution in [0.3, 0.4) is 0 Å². The predicted molar refractivity (Wildman–Crippen MR) is 50.2 cm³/mol. The number of hydrogen-bond acceptors (Lipinski definition) is 3. The third kappa shape index (κ3) is 2.73. The zero-order chi connectivity index (χ0) is 8.81. The standard InChI is InChI=1S/C9H20N2O/c1-2-3-9(8-12)11-6-4-10-5-7-11/h9-10,12H,2-8H2,1H3/t9-/m1/s1. The SMILES string of the molecule is CCC[C@H](CO)N1CCNCC1. The van der Waals surface area contributed by atoms with E-state index in [2.05, 4.69) is 17.1 Å². The van der Waals surface area contributed by atoms with Crippen molar-refractivity contribution < 1.29 is 5.11 Å². The Kier molecular flexibility index (Phi) is 4.58. The van der Waals surface area contributed by atoms with Crippen molar-refractivity contribution in [3.8, 4) is 0 Å². The van der Waals surface area contributed by atoms with Gasteiger partial charge < -0.3 is 10.4 Å². The molecule has 1 atom stereocenters. The maximum absolute atomic E-state index is 9.15. The minimum atomic E-state index is 0.313. The molecule has 0 saturated carbocycles. The van der Waals surface area contributed by atoms with Gasteiger partial charge in [0.15, 0.2) is 0 Å². The van der Waals surface area contributed by atoms with Gasteiger partial charge in [-0.05, 0) is 6.42 Å². The highest BCUT2D eigenvalue weighted by Crippen LogP contribution is 2.06. The number of aliphatic hydroxyl groups is 1. The summed E-state index contributed by atoms with van der Waals surface area (Å²) in [5.41, 5.74) is 0. The molecular formula is C9H20N2O. The lowest BCUT2D eigenvalue weighted by atomic mass is 10.1. The molecule has 1 saturated heterocycles. The zero-order valence-corrected chi connectivity index (χ0v) is 7.92. The van der Waals surface area contributed by atoms with Gasteiger partial charge in [-0.1, -0.05) is 13.3 Å². The first kappa shape index (κ1) is 9.96. The van der Waals surface area contributed by atoms with Crippen molar-refractivity contribution in [2.45, 2.75) is 25.8 Å². The van der Waals surface area contributed by atoms with Gasteiger partial charge >= 0.3 is 0 Å². The Hall–Kier alpha value is -0.120. The molecule has 1 rings (SSSR count). The molecule has 0 amide bonds. The number of nitrogens with one attached hydrogen (secondary N) is 1. The number of nitrogens with zero attached hydrogens (tertiary/aromatic N) is 1. The molecule has 2 N–H and O–H groups in total. The first-order chi connectivity index (χ1) is 5.88. The van der Waals surface area contributed by atoms with Gasteiger partial charge in [-0.3, -0.25) is 4.90 Å². The highest BCUT2D eigenvalue weighted by atomic mass is 16.3. The van der Waals surface area contributed by atoms with Crippen molar-refractivity contribution in [2.75, 3.05) is 32.8 Å². The molecule has 0 aromatic rings. The Morgan fingerprint density at radius 1 is 1.42 bits per heavy atom. The first-order valence-corrected chi connectivity index (χ1v) is 4.94. The third-order valence-electron chi connectivity index (χ3n) is 2.50. The van der Waals surface area contributed by atoms with Crippen LogP contribution >= 0.6 is 0 Å². The van der Waals surface area contributed by atoms with Crippen molar-refractivity contribution in [1.29, 1.82) is 0 Å². The molecule has 0 bridgehead atoms. The second-order valence-electron chi connectivity index (χ2n) is 3.41. The molecule has 0 aliphatic carbocycles. The van der Waals surface area contributed by atoms with E-state index >= 15 is 0 Å². The summed E-state index contributed by atoms with van der Waals surface area (Å²) >= 11 is 0. The summed E-state index contributed by atoms with van der Waals surface area (Å²) < 4.78 is 0. The van der Waals surface area contributed by atoms with E-state index in [4.69, 9.17) is 5.11 Å². The van der Waals surface area contributed by atoms with E-state index < -0.39 is 0 Å².